The number of nitrogens with zero attached hydrogens (tertiary/aromatic N) is 1. The highest BCUT2D eigenvalue weighted by atomic mass is 35.5. The van der Waals surface area contributed by atoms with Crippen LogP contribution in [-0.2, 0) is 6.42 Å². The molecule has 2 N–H and O–H groups in total. The molecule has 8 heteroatoms. The van der Waals surface area contributed by atoms with E-state index in [9.17, 15) is 13.2 Å². The van der Waals surface area contributed by atoms with E-state index >= 15 is 0 Å². The monoisotopic (exact) mass is 298 g/mol. The van der Waals surface area contributed by atoms with Gasteiger partial charge in [-0.3, -0.25) is 0 Å². The van der Waals surface area contributed by atoms with Gasteiger partial charge in [-0.25, -0.2) is 4.98 Å². The lowest BCUT2D eigenvalue weighted by Crippen LogP contribution is -2.30. The Labute approximate surface area is 110 Å². The second-order valence-corrected chi connectivity index (χ2v) is 4.54. The maximum absolute atomic E-state index is 12.2. The molecule has 0 aliphatic heterocycles. The molecular weight excluding hydrogens is 292 g/mol. The molecule has 2 aromatic rings. The molecule has 1 unspecified atom stereocenters. The minimum absolute atomic E-state index is 0.0214. The minimum atomic E-state index is -4.67. The molecule has 1 aromatic carbocycles. The van der Waals surface area contributed by atoms with Crippen LogP contribution in [0.2, 0.25) is 10.0 Å². The van der Waals surface area contributed by atoms with Gasteiger partial charge < -0.3 is 10.1 Å². The third-order valence-electron chi connectivity index (χ3n) is 2.34. The number of halogens is 5. The van der Waals surface area contributed by atoms with Crippen LogP contribution in [0.1, 0.15) is 5.82 Å². The van der Waals surface area contributed by atoms with Crippen LogP contribution in [0, 0.1) is 0 Å². The molecule has 0 saturated heterocycles. The fourth-order valence-electron chi connectivity index (χ4n) is 1.45. The first kappa shape index (κ1) is 13.5. The summed E-state index contributed by atoms with van der Waals surface area (Å²) in [6.07, 6.45) is -7.77. The quantitative estimate of drug-likeness (QED) is 0.893. The van der Waals surface area contributed by atoms with Crippen LogP contribution >= 0.6 is 23.2 Å². The van der Waals surface area contributed by atoms with Crippen molar-refractivity contribution in [2.75, 3.05) is 0 Å². The second-order valence-electron chi connectivity index (χ2n) is 3.73. The normalized spacial score (nSPS) is 14.1. The molecule has 1 aromatic heterocycles. The maximum Gasteiger partial charge on any atom is 0.414 e. The van der Waals surface area contributed by atoms with Gasteiger partial charge in [0.1, 0.15) is 5.82 Å². The molecular formula is C10H7Cl2F3N2O. The lowest BCUT2D eigenvalue weighted by atomic mass is 10.2. The van der Waals surface area contributed by atoms with Gasteiger partial charge in [0.25, 0.3) is 0 Å². The molecule has 0 aliphatic carbocycles. The molecule has 0 aliphatic rings. The number of imidazole rings is 1. The summed E-state index contributed by atoms with van der Waals surface area (Å²) in [5.41, 5.74) is 0.863. The number of aliphatic hydroxyl groups is 1. The molecule has 0 bridgehead atoms. The zero-order valence-corrected chi connectivity index (χ0v) is 10.2. The number of fused-ring (bicyclic) bond motifs is 1. The van der Waals surface area contributed by atoms with Gasteiger partial charge in [-0.2, -0.15) is 13.2 Å². The van der Waals surface area contributed by atoms with Gasteiger partial charge in [-0.1, -0.05) is 23.2 Å². The van der Waals surface area contributed by atoms with E-state index in [1.165, 1.54) is 12.1 Å². The summed E-state index contributed by atoms with van der Waals surface area (Å²) in [5, 5.41) is 9.47. The first-order chi connectivity index (χ1) is 8.27. The average Bonchev–Trinajstić information content (AvgIpc) is 2.59. The van der Waals surface area contributed by atoms with Crippen LogP contribution in [0.25, 0.3) is 11.0 Å². The highest BCUT2D eigenvalue weighted by molar-refractivity contribution is 6.42. The summed E-state index contributed by atoms with van der Waals surface area (Å²) >= 11 is 11.5. The van der Waals surface area contributed by atoms with Gasteiger partial charge >= 0.3 is 6.18 Å². The Morgan fingerprint density at radius 1 is 1.28 bits per heavy atom. The topological polar surface area (TPSA) is 48.9 Å². The summed E-state index contributed by atoms with van der Waals surface area (Å²) in [6.45, 7) is 0. The summed E-state index contributed by atoms with van der Waals surface area (Å²) < 4.78 is 36.6. The molecule has 0 fully saturated rings. The number of aliphatic hydroxyl groups excluding tert-OH is 1. The minimum Gasteiger partial charge on any atom is -0.383 e. The van der Waals surface area contributed by atoms with Crippen LogP contribution in [0.4, 0.5) is 13.2 Å². The molecule has 98 valence electrons. The number of nitrogens with one attached hydrogen (secondary N) is 1. The number of hydrogen-bond acceptors (Lipinski definition) is 2. The van der Waals surface area contributed by atoms with Gasteiger partial charge in [-0.15, -0.1) is 0 Å². The van der Waals surface area contributed by atoms with Crippen molar-refractivity contribution in [3.05, 3.63) is 28.0 Å². The van der Waals surface area contributed by atoms with Crippen LogP contribution in [-0.4, -0.2) is 27.4 Å². The fraction of sp³-hybridized carbons (Fsp3) is 0.300. The first-order valence-electron chi connectivity index (χ1n) is 4.86. The molecule has 1 atom stereocenters. The third-order valence-corrected chi connectivity index (χ3v) is 3.06. The number of rotatable bonds is 2. The number of alkyl halides is 3. The van der Waals surface area contributed by atoms with E-state index in [0.717, 1.165) is 0 Å². The predicted molar refractivity (Wildman–Crippen MR) is 61.9 cm³/mol. The Morgan fingerprint density at radius 3 is 2.50 bits per heavy atom. The molecule has 1 heterocycles. The number of benzene rings is 1. The molecule has 0 amide bonds. The third kappa shape index (κ3) is 2.71. The zero-order chi connectivity index (χ0) is 13.5. The molecule has 0 radical (unpaired) electrons. The maximum atomic E-state index is 12.2. The Bertz CT molecular complexity index is 543. The predicted octanol–water partition coefficient (Wildman–Crippen LogP) is 3.34. The van der Waals surface area contributed by atoms with Crippen molar-refractivity contribution in [1.29, 1.82) is 0 Å². The SMILES string of the molecule is OC(Cc1nc2cc(Cl)c(Cl)cc2[nH]1)C(F)(F)F. The summed E-state index contributed by atoms with van der Waals surface area (Å²) in [7, 11) is 0. The lowest BCUT2D eigenvalue weighted by molar-refractivity contribution is -0.203. The highest BCUT2D eigenvalue weighted by Crippen LogP contribution is 2.28. The number of H-pyrrole nitrogens is 1. The van der Waals surface area contributed by atoms with Crippen LogP contribution in [0.5, 0.6) is 0 Å². The molecule has 18 heavy (non-hydrogen) atoms. The van der Waals surface area contributed by atoms with Crippen molar-refractivity contribution in [3.63, 3.8) is 0 Å². The van der Waals surface area contributed by atoms with Gasteiger partial charge in [0.15, 0.2) is 6.10 Å². The van der Waals surface area contributed by atoms with Crippen molar-refractivity contribution in [2.45, 2.75) is 18.7 Å². The smallest absolute Gasteiger partial charge is 0.383 e. The lowest BCUT2D eigenvalue weighted by Gasteiger charge is -2.12. The summed E-state index contributed by atoms with van der Waals surface area (Å²) in [4.78, 5) is 6.56. The van der Waals surface area contributed by atoms with Crippen molar-refractivity contribution in [1.82, 2.24) is 9.97 Å². The number of aromatic nitrogens is 2. The Balaban J connectivity index is 2.31. The van der Waals surface area contributed by atoms with E-state index in [0.29, 0.717) is 11.0 Å². The van der Waals surface area contributed by atoms with E-state index < -0.39 is 18.7 Å². The zero-order valence-electron chi connectivity index (χ0n) is 8.72. The highest BCUT2D eigenvalue weighted by Gasteiger charge is 2.38. The Hall–Kier alpha value is -0.980. The molecule has 3 nitrogen and oxygen atoms in total. The number of hydrogen-bond donors (Lipinski definition) is 2. The fourth-order valence-corrected chi connectivity index (χ4v) is 1.77. The van der Waals surface area contributed by atoms with Gasteiger partial charge in [0.05, 0.1) is 21.1 Å². The van der Waals surface area contributed by atoms with Crippen LogP contribution in [0.15, 0.2) is 12.1 Å². The van der Waals surface area contributed by atoms with Gasteiger partial charge in [0, 0.05) is 6.42 Å². The Kier molecular flexibility index (Phi) is 3.44. The molecule has 0 saturated carbocycles. The van der Waals surface area contributed by atoms with Crippen LogP contribution < -0.4 is 0 Å². The molecule has 2 rings (SSSR count). The largest absolute Gasteiger partial charge is 0.414 e. The first-order valence-corrected chi connectivity index (χ1v) is 5.61. The van der Waals surface area contributed by atoms with Crippen molar-refractivity contribution >= 4 is 34.2 Å². The molecule has 0 spiro atoms. The second kappa shape index (κ2) is 4.60. The Morgan fingerprint density at radius 2 is 1.89 bits per heavy atom. The number of aromatic amines is 1. The van der Waals surface area contributed by atoms with E-state index in [4.69, 9.17) is 28.3 Å². The van der Waals surface area contributed by atoms with E-state index in [2.05, 4.69) is 9.97 Å². The van der Waals surface area contributed by atoms with Crippen LogP contribution in [0.3, 0.4) is 0 Å². The average molecular weight is 299 g/mol. The van der Waals surface area contributed by atoms with E-state index in [-0.39, 0.29) is 15.9 Å². The standard InChI is InChI=1S/C10H7Cl2F3N2O/c11-4-1-6-7(2-5(4)12)17-9(16-6)3-8(18)10(13,14)15/h1-2,8,18H,3H2,(H,16,17). The van der Waals surface area contributed by atoms with E-state index in [1.807, 2.05) is 0 Å². The summed E-state index contributed by atoms with van der Waals surface area (Å²) in [6, 6.07) is 2.91. The summed E-state index contributed by atoms with van der Waals surface area (Å²) in [5.74, 6) is 0.0214. The van der Waals surface area contributed by atoms with Gasteiger partial charge in [0.2, 0.25) is 0 Å². The van der Waals surface area contributed by atoms with Crippen molar-refractivity contribution < 1.29 is 18.3 Å². The van der Waals surface area contributed by atoms with E-state index in [1.54, 1.807) is 0 Å². The van der Waals surface area contributed by atoms with Crippen molar-refractivity contribution in [3.8, 4) is 0 Å². The van der Waals surface area contributed by atoms with Crippen molar-refractivity contribution in [2.24, 2.45) is 0 Å². The van der Waals surface area contributed by atoms with Gasteiger partial charge in [-0.05, 0) is 12.1 Å².